The molecular formula is C23H31F3N4O. The second-order valence-electron chi connectivity index (χ2n) is 8.66. The molecule has 170 valence electrons. The van der Waals surface area contributed by atoms with Crippen LogP contribution in [-0.4, -0.2) is 60.5 Å². The zero-order valence-electron chi connectivity index (χ0n) is 17.7. The molecule has 2 aromatic rings. The normalized spacial score (nSPS) is 20.3. The summed E-state index contributed by atoms with van der Waals surface area (Å²) in [5.41, 5.74) is 0.0752. The summed E-state index contributed by atoms with van der Waals surface area (Å²) in [5.74, 6) is 0.149. The van der Waals surface area contributed by atoms with Crippen LogP contribution in [0.5, 0.6) is 0 Å². The molecule has 0 bridgehead atoms. The first-order chi connectivity index (χ1) is 14.9. The number of aromatic nitrogens is 1. The first-order valence-electron chi connectivity index (χ1n) is 11.3. The maximum absolute atomic E-state index is 13.4. The third kappa shape index (κ3) is 5.30. The Morgan fingerprint density at radius 3 is 2.52 bits per heavy atom. The number of likely N-dealkylation sites (tertiary alicyclic amines) is 1. The molecule has 31 heavy (non-hydrogen) atoms. The molecule has 2 fully saturated rings. The van der Waals surface area contributed by atoms with E-state index in [0.29, 0.717) is 18.5 Å². The molecule has 3 heterocycles. The van der Waals surface area contributed by atoms with E-state index >= 15 is 0 Å². The SMILES string of the molecule is OC(NCCN1CCCCC1)C1CCN(c2ccc(C(F)(F)F)c3ncccc23)CC1. The highest BCUT2D eigenvalue weighted by Gasteiger charge is 2.34. The van der Waals surface area contributed by atoms with Gasteiger partial charge in [-0.05, 0) is 63.0 Å². The monoisotopic (exact) mass is 436 g/mol. The van der Waals surface area contributed by atoms with Crippen molar-refractivity contribution in [3.05, 3.63) is 36.0 Å². The van der Waals surface area contributed by atoms with Crippen molar-refractivity contribution in [2.45, 2.75) is 44.5 Å². The first-order valence-corrected chi connectivity index (χ1v) is 11.3. The van der Waals surface area contributed by atoms with Gasteiger partial charge in [0.1, 0.15) is 6.23 Å². The summed E-state index contributed by atoms with van der Waals surface area (Å²) in [7, 11) is 0. The van der Waals surface area contributed by atoms with Gasteiger partial charge in [0.2, 0.25) is 0 Å². The lowest BCUT2D eigenvalue weighted by molar-refractivity contribution is -0.136. The first kappa shape index (κ1) is 22.3. The molecule has 0 spiro atoms. The van der Waals surface area contributed by atoms with E-state index in [-0.39, 0.29) is 11.4 Å². The number of benzene rings is 1. The molecule has 8 heteroatoms. The lowest BCUT2D eigenvalue weighted by atomic mass is 9.94. The molecule has 2 N–H and O–H groups in total. The molecule has 0 radical (unpaired) electrons. The molecule has 0 saturated carbocycles. The summed E-state index contributed by atoms with van der Waals surface area (Å²) in [6.07, 6.45) is 1.85. The van der Waals surface area contributed by atoms with E-state index in [9.17, 15) is 18.3 Å². The van der Waals surface area contributed by atoms with Crippen molar-refractivity contribution >= 4 is 16.6 Å². The van der Waals surface area contributed by atoms with Gasteiger partial charge in [-0.15, -0.1) is 0 Å². The van der Waals surface area contributed by atoms with Crippen molar-refractivity contribution in [2.24, 2.45) is 5.92 Å². The van der Waals surface area contributed by atoms with Gasteiger partial charge in [0, 0.05) is 49.4 Å². The third-order valence-electron chi connectivity index (χ3n) is 6.61. The number of aliphatic hydroxyl groups is 1. The molecule has 1 aromatic carbocycles. The Kier molecular flexibility index (Phi) is 6.99. The van der Waals surface area contributed by atoms with Gasteiger partial charge in [-0.1, -0.05) is 6.42 Å². The number of hydrogen-bond acceptors (Lipinski definition) is 5. The number of alkyl halides is 3. The quantitative estimate of drug-likeness (QED) is 0.674. The second kappa shape index (κ2) is 9.71. The van der Waals surface area contributed by atoms with Crippen molar-refractivity contribution in [3.63, 3.8) is 0 Å². The van der Waals surface area contributed by atoms with Crippen LogP contribution in [0.2, 0.25) is 0 Å². The van der Waals surface area contributed by atoms with E-state index in [4.69, 9.17) is 0 Å². The fourth-order valence-electron chi connectivity index (χ4n) is 4.84. The molecule has 2 saturated heterocycles. The van der Waals surface area contributed by atoms with Gasteiger partial charge < -0.3 is 14.9 Å². The summed E-state index contributed by atoms with van der Waals surface area (Å²) in [4.78, 5) is 8.57. The fourth-order valence-corrected chi connectivity index (χ4v) is 4.84. The van der Waals surface area contributed by atoms with Gasteiger partial charge in [-0.3, -0.25) is 10.3 Å². The topological polar surface area (TPSA) is 51.6 Å². The summed E-state index contributed by atoms with van der Waals surface area (Å²) < 4.78 is 40.1. The molecule has 1 unspecified atom stereocenters. The van der Waals surface area contributed by atoms with Gasteiger partial charge >= 0.3 is 6.18 Å². The molecule has 5 nitrogen and oxygen atoms in total. The lowest BCUT2D eigenvalue weighted by Crippen LogP contribution is -2.46. The zero-order chi connectivity index (χ0) is 21.8. The molecule has 0 aliphatic carbocycles. The van der Waals surface area contributed by atoms with Crippen LogP contribution in [-0.2, 0) is 6.18 Å². The fraction of sp³-hybridized carbons (Fsp3) is 0.609. The van der Waals surface area contributed by atoms with Gasteiger partial charge in [0.15, 0.2) is 0 Å². The number of piperidine rings is 2. The Labute approximate surface area is 181 Å². The lowest BCUT2D eigenvalue weighted by Gasteiger charge is -2.36. The van der Waals surface area contributed by atoms with Crippen molar-refractivity contribution < 1.29 is 18.3 Å². The Balaban J connectivity index is 1.35. The zero-order valence-corrected chi connectivity index (χ0v) is 17.7. The van der Waals surface area contributed by atoms with Crippen LogP contribution < -0.4 is 10.2 Å². The van der Waals surface area contributed by atoms with E-state index in [2.05, 4.69) is 20.1 Å². The Morgan fingerprint density at radius 1 is 1.06 bits per heavy atom. The summed E-state index contributed by atoms with van der Waals surface area (Å²) >= 11 is 0. The predicted molar refractivity (Wildman–Crippen MR) is 116 cm³/mol. The van der Waals surface area contributed by atoms with Gasteiger partial charge in [0.05, 0.1) is 11.1 Å². The van der Waals surface area contributed by atoms with E-state index < -0.39 is 18.0 Å². The summed E-state index contributed by atoms with van der Waals surface area (Å²) in [5, 5.41) is 14.4. The maximum atomic E-state index is 13.4. The predicted octanol–water partition coefficient (Wildman–Crippen LogP) is 3.86. The average Bonchev–Trinajstić information content (AvgIpc) is 2.78. The molecular weight excluding hydrogens is 405 g/mol. The van der Waals surface area contributed by atoms with Crippen molar-refractivity contribution in [3.8, 4) is 0 Å². The second-order valence-corrected chi connectivity index (χ2v) is 8.66. The third-order valence-corrected chi connectivity index (χ3v) is 6.61. The van der Waals surface area contributed by atoms with E-state index in [1.165, 1.54) is 25.5 Å². The Morgan fingerprint density at radius 2 is 1.81 bits per heavy atom. The number of hydrogen-bond donors (Lipinski definition) is 2. The average molecular weight is 437 g/mol. The Hall–Kier alpha value is -1.90. The minimum Gasteiger partial charge on any atom is -0.378 e. The highest BCUT2D eigenvalue weighted by Crippen LogP contribution is 2.38. The van der Waals surface area contributed by atoms with Crippen LogP contribution in [0.15, 0.2) is 30.5 Å². The van der Waals surface area contributed by atoms with Crippen LogP contribution >= 0.6 is 0 Å². The van der Waals surface area contributed by atoms with Crippen LogP contribution in [0.3, 0.4) is 0 Å². The standard InChI is InChI=1S/C23H31F3N4O/c24-23(25,26)19-6-7-20(18-5-4-10-27-21(18)19)30-14-8-17(9-15-30)22(31)28-11-16-29-12-2-1-3-13-29/h4-7,10,17,22,28,31H,1-3,8-9,11-16H2. The van der Waals surface area contributed by atoms with Crippen LogP contribution in [0, 0.1) is 5.92 Å². The van der Waals surface area contributed by atoms with E-state index in [1.807, 2.05) is 0 Å². The number of halogens is 3. The maximum Gasteiger partial charge on any atom is 0.418 e. The van der Waals surface area contributed by atoms with Crippen LogP contribution in [0.25, 0.3) is 10.9 Å². The van der Waals surface area contributed by atoms with E-state index in [0.717, 1.165) is 50.8 Å². The van der Waals surface area contributed by atoms with Gasteiger partial charge in [-0.2, -0.15) is 13.2 Å². The minimum atomic E-state index is -4.43. The van der Waals surface area contributed by atoms with Crippen LogP contribution in [0.4, 0.5) is 18.9 Å². The highest BCUT2D eigenvalue weighted by atomic mass is 19.4. The number of aliphatic hydroxyl groups excluding tert-OH is 1. The largest absolute Gasteiger partial charge is 0.418 e. The van der Waals surface area contributed by atoms with Crippen molar-refractivity contribution in [2.75, 3.05) is 44.2 Å². The minimum absolute atomic E-state index is 0.00552. The smallest absolute Gasteiger partial charge is 0.378 e. The van der Waals surface area contributed by atoms with Gasteiger partial charge in [0.25, 0.3) is 0 Å². The highest BCUT2D eigenvalue weighted by molar-refractivity contribution is 5.94. The van der Waals surface area contributed by atoms with Crippen molar-refractivity contribution in [1.29, 1.82) is 0 Å². The number of pyridine rings is 1. The van der Waals surface area contributed by atoms with E-state index in [1.54, 1.807) is 18.2 Å². The molecule has 2 aliphatic rings. The molecule has 1 atom stereocenters. The summed E-state index contributed by atoms with van der Waals surface area (Å²) in [6, 6.07) is 6.07. The molecule has 2 aliphatic heterocycles. The van der Waals surface area contributed by atoms with Gasteiger partial charge in [-0.25, -0.2) is 0 Å². The number of nitrogens with zero attached hydrogens (tertiary/aromatic N) is 3. The van der Waals surface area contributed by atoms with Crippen LogP contribution in [0.1, 0.15) is 37.7 Å². The number of fused-ring (bicyclic) bond motifs is 1. The molecule has 1 aromatic heterocycles. The number of nitrogens with one attached hydrogen (secondary N) is 1. The van der Waals surface area contributed by atoms with Crippen molar-refractivity contribution in [1.82, 2.24) is 15.2 Å². The Bertz CT molecular complexity index is 862. The molecule has 4 rings (SSSR count). The summed E-state index contributed by atoms with van der Waals surface area (Å²) in [6.45, 7) is 5.42. The number of anilines is 1. The number of rotatable bonds is 6. The molecule has 0 amide bonds.